The van der Waals surface area contributed by atoms with Gasteiger partial charge in [-0.2, -0.15) is 0 Å². The highest BCUT2D eigenvalue weighted by Crippen LogP contribution is 2.32. The maximum Gasteiger partial charge on any atom is 0.329 e. The van der Waals surface area contributed by atoms with E-state index in [2.05, 4.69) is 25.1 Å². The largest absolute Gasteiger partial charge is 0.368 e. The van der Waals surface area contributed by atoms with E-state index in [0.717, 1.165) is 37.3 Å². The molecule has 1 saturated carbocycles. The Labute approximate surface area is 195 Å². The van der Waals surface area contributed by atoms with Crippen molar-refractivity contribution in [1.82, 2.24) is 24.8 Å². The second-order valence-electron chi connectivity index (χ2n) is 8.94. The third kappa shape index (κ3) is 3.98. The summed E-state index contributed by atoms with van der Waals surface area (Å²) < 4.78 is 16.5. The van der Waals surface area contributed by atoms with Gasteiger partial charge in [-0.05, 0) is 38.0 Å². The van der Waals surface area contributed by atoms with Gasteiger partial charge in [-0.3, -0.25) is 19.1 Å². The number of aromatic nitrogens is 3. The Bertz CT molecular complexity index is 1390. The van der Waals surface area contributed by atoms with Crippen LogP contribution in [0.15, 0.2) is 33.9 Å². The van der Waals surface area contributed by atoms with Gasteiger partial charge in [-0.25, -0.2) is 14.2 Å². The number of carbonyl (C=O) groups is 1. The summed E-state index contributed by atoms with van der Waals surface area (Å²) >= 11 is 0. The molecule has 3 aromatic rings. The van der Waals surface area contributed by atoms with Crippen LogP contribution in [0.4, 0.5) is 10.1 Å². The standard InChI is InChI=1S/C24H27FN6O3/c1-14-19(8-7-18(27-14)22(32)26-2)30-11-9-29(10-12-30)13-15-3-6-17-21(20(15)25)28-24(34)31(23(17)33)16-4-5-16/h3,6-8,16H,4-5,9-13H2,1-2H3,(H,26,32)(H,28,34). The molecule has 1 amide bonds. The van der Waals surface area contributed by atoms with E-state index in [9.17, 15) is 14.4 Å². The number of rotatable bonds is 5. The van der Waals surface area contributed by atoms with Gasteiger partial charge >= 0.3 is 5.69 Å². The van der Waals surface area contributed by atoms with Crippen molar-refractivity contribution in [3.63, 3.8) is 0 Å². The number of fused-ring (bicyclic) bond motifs is 1. The van der Waals surface area contributed by atoms with Crippen molar-refractivity contribution < 1.29 is 9.18 Å². The molecule has 2 aromatic heterocycles. The van der Waals surface area contributed by atoms with Crippen LogP contribution in [0, 0.1) is 12.7 Å². The lowest BCUT2D eigenvalue weighted by molar-refractivity contribution is 0.0958. The number of piperazine rings is 1. The van der Waals surface area contributed by atoms with Crippen molar-refractivity contribution in [3.05, 3.63) is 67.9 Å². The van der Waals surface area contributed by atoms with Gasteiger partial charge in [-0.1, -0.05) is 6.07 Å². The van der Waals surface area contributed by atoms with Crippen LogP contribution in [0.1, 0.15) is 40.6 Å². The summed E-state index contributed by atoms with van der Waals surface area (Å²) in [7, 11) is 1.58. The fourth-order valence-corrected chi connectivity index (χ4v) is 4.63. The second kappa shape index (κ2) is 8.68. The Kier molecular flexibility index (Phi) is 5.68. The molecule has 1 aliphatic carbocycles. The number of halogens is 1. The molecule has 0 atom stereocenters. The highest BCUT2D eigenvalue weighted by molar-refractivity contribution is 5.92. The zero-order chi connectivity index (χ0) is 24.0. The zero-order valence-electron chi connectivity index (χ0n) is 19.2. The molecule has 9 nitrogen and oxygen atoms in total. The monoisotopic (exact) mass is 466 g/mol. The summed E-state index contributed by atoms with van der Waals surface area (Å²) in [4.78, 5) is 48.2. The molecule has 2 aliphatic rings. The maximum atomic E-state index is 15.3. The van der Waals surface area contributed by atoms with E-state index in [-0.39, 0.29) is 22.9 Å². The topological polar surface area (TPSA) is 103 Å². The predicted octanol–water partition coefficient (Wildman–Crippen LogP) is 1.55. The number of H-pyrrole nitrogens is 1. The Hall–Kier alpha value is -3.53. The average Bonchev–Trinajstić information content (AvgIpc) is 3.66. The predicted molar refractivity (Wildman–Crippen MR) is 127 cm³/mol. The highest BCUT2D eigenvalue weighted by atomic mass is 19.1. The quantitative estimate of drug-likeness (QED) is 0.592. The lowest BCUT2D eigenvalue weighted by atomic mass is 10.1. The Balaban J connectivity index is 1.30. The van der Waals surface area contributed by atoms with Crippen LogP contribution in [0.2, 0.25) is 0 Å². The smallest absolute Gasteiger partial charge is 0.329 e. The minimum Gasteiger partial charge on any atom is -0.368 e. The van der Waals surface area contributed by atoms with E-state index in [0.29, 0.717) is 30.9 Å². The van der Waals surface area contributed by atoms with Gasteiger partial charge in [0.15, 0.2) is 5.82 Å². The maximum absolute atomic E-state index is 15.3. The molecule has 5 rings (SSSR count). The molecule has 0 spiro atoms. The van der Waals surface area contributed by atoms with Gasteiger partial charge in [0.2, 0.25) is 0 Å². The van der Waals surface area contributed by atoms with Crippen LogP contribution >= 0.6 is 0 Å². The number of nitrogens with one attached hydrogen (secondary N) is 2. The van der Waals surface area contributed by atoms with Gasteiger partial charge in [0.1, 0.15) is 5.69 Å². The van der Waals surface area contributed by atoms with E-state index in [1.165, 1.54) is 4.57 Å². The van der Waals surface area contributed by atoms with Crippen LogP contribution in [0.25, 0.3) is 10.9 Å². The summed E-state index contributed by atoms with van der Waals surface area (Å²) in [6.45, 7) is 5.18. The van der Waals surface area contributed by atoms with Crippen LogP contribution in [0.3, 0.4) is 0 Å². The van der Waals surface area contributed by atoms with Crippen molar-refractivity contribution in [2.75, 3.05) is 38.1 Å². The van der Waals surface area contributed by atoms with E-state index in [4.69, 9.17) is 0 Å². The number of hydrogen-bond acceptors (Lipinski definition) is 6. The summed E-state index contributed by atoms with van der Waals surface area (Å²) in [5.74, 6) is -0.758. The lowest BCUT2D eigenvalue weighted by Crippen LogP contribution is -2.46. The summed E-state index contributed by atoms with van der Waals surface area (Å²) in [6, 6.07) is 6.82. The van der Waals surface area contributed by atoms with Crippen molar-refractivity contribution in [2.45, 2.75) is 32.4 Å². The Morgan fingerprint density at radius 1 is 1.15 bits per heavy atom. The molecule has 10 heteroatoms. The van der Waals surface area contributed by atoms with Crippen LogP contribution in [0.5, 0.6) is 0 Å². The number of amides is 1. The van der Waals surface area contributed by atoms with Crippen molar-refractivity contribution >= 4 is 22.5 Å². The van der Waals surface area contributed by atoms with Gasteiger partial charge in [0.25, 0.3) is 11.5 Å². The number of anilines is 1. The third-order valence-electron chi connectivity index (χ3n) is 6.66. The molecule has 2 N–H and O–H groups in total. The SMILES string of the molecule is CNC(=O)c1ccc(N2CCN(Cc3ccc4c(=O)n(C5CC5)c(=O)[nH]c4c3F)CC2)c(C)n1. The van der Waals surface area contributed by atoms with Gasteiger partial charge in [0.05, 0.1) is 22.3 Å². The summed E-state index contributed by atoms with van der Waals surface area (Å²) in [6.07, 6.45) is 1.60. The van der Waals surface area contributed by atoms with Crippen LogP contribution in [-0.2, 0) is 6.54 Å². The van der Waals surface area contributed by atoms with E-state index in [1.807, 2.05) is 13.0 Å². The molecule has 0 bridgehead atoms. The van der Waals surface area contributed by atoms with Gasteiger partial charge in [0, 0.05) is 51.4 Å². The van der Waals surface area contributed by atoms with Crippen LogP contribution < -0.4 is 21.5 Å². The molecular weight excluding hydrogens is 439 g/mol. The van der Waals surface area contributed by atoms with E-state index in [1.54, 1.807) is 25.2 Å². The first kappa shape index (κ1) is 22.3. The summed E-state index contributed by atoms with van der Waals surface area (Å²) in [5, 5.41) is 2.79. The molecule has 34 heavy (non-hydrogen) atoms. The minimum absolute atomic E-state index is 0.0130. The molecule has 178 valence electrons. The molecule has 2 fully saturated rings. The first-order valence-corrected chi connectivity index (χ1v) is 11.5. The fourth-order valence-electron chi connectivity index (χ4n) is 4.63. The number of carbonyl (C=O) groups excluding carboxylic acids is 1. The number of nitrogens with zero attached hydrogens (tertiary/aromatic N) is 4. The number of aryl methyl sites for hydroxylation is 1. The first-order chi connectivity index (χ1) is 16.4. The number of aromatic amines is 1. The van der Waals surface area contributed by atoms with Gasteiger partial charge < -0.3 is 15.2 Å². The molecule has 1 aromatic carbocycles. The molecule has 0 radical (unpaired) electrons. The minimum atomic E-state index is -0.545. The molecule has 1 saturated heterocycles. The van der Waals surface area contributed by atoms with Crippen LogP contribution in [-0.4, -0.2) is 58.6 Å². The molecular formula is C24H27FN6O3. The number of pyridine rings is 1. The summed E-state index contributed by atoms with van der Waals surface area (Å²) in [5.41, 5.74) is 1.62. The van der Waals surface area contributed by atoms with Crippen molar-refractivity contribution in [2.24, 2.45) is 0 Å². The van der Waals surface area contributed by atoms with Gasteiger partial charge in [-0.15, -0.1) is 0 Å². The average molecular weight is 467 g/mol. The zero-order valence-corrected chi connectivity index (χ0v) is 19.2. The van der Waals surface area contributed by atoms with E-state index >= 15 is 4.39 Å². The second-order valence-corrected chi connectivity index (χ2v) is 8.94. The van der Waals surface area contributed by atoms with E-state index < -0.39 is 17.1 Å². The Morgan fingerprint density at radius 2 is 1.88 bits per heavy atom. The molecule has 0 unspecified atom stereocenters. The third-order valence-corrected chi connectivity index (χ3v) is 6.66. The first-order valence-electron chi connectivity index (χ1n) is 11.5. The molecule has 1 aliphatic heterocycles. The van der Waals surface area contributed by atoms with Crippen molar-refractivity contribution in [1.29, 1.82) is 0 Å². The number of benzene rings is 1. The number of hydrogen-bond donors (Lipinski definition) is 2. The highest BCUT2D eigenvalue weighted by Gasteiger charge is 2.28. The fraction of sp³-hybridized carbons (Fsp3) is 0.417. The normalized spacial score (nSPS) is 16.7. The Morgan fingerprint density at radius 3 is 2.53 bits per heavy atom. The molecule has 3 heterocycles. The van der Waals surface area contributed by atoms with Crippen molar-refractivity contribution in [3.8, 4) is 0 Å². The lowest BCUT2D eigenvalue weighted by Gasteiger charge is -2.36.